The number of aromatic nitrogens is 3. The van der Waals surface area contributed by atoms with E-state index in [1.165, 1.54) is 31.0 Å². The lowest BCUT2D eigenvalue weighted by Gasteiger charge is -2.35. The second-order valence-electron chi connectivity index (χ2n) is 10.1. The summed E-state index contributed by atoms with van der Waals surface area (Å²) in [7, 11) is 2.64. The van der Waals surface area contributed by atoms with Gasteiger partial charge in [-0.2, -0.15) is 13.5 Å². The first-order valence-electron chi connectivity index (χ1n) is 13.9. The van der Waals surface area contributed by atoms with Gasteiger partial charge in [-0.05, 0) is 36.4 Å². The number of aliphatic hydroxyl groups excluding tert-OH is 1. The molecule has 238 valence electrons. The van der Waals surface area contributed by atoms with Crippen LogP contribution < -0.4 is 25.2 Å². The molecule has 3 heterocycles. The molecular formula is C30H30F4N6O5. The molecule has 1 aliphatic rings. The van der Waals surface area contributed by atoms with E-state index < -0.39 is 41.0 Å². The molecule has 11 nitrogen and oxygen atoms in total. The molecule has 45 heavy (non-hydrogen) atoms. The minimum Gasteiger partial charge on any atom is -0.497 e. The summed E-state index contributed by atoms with van der Waals surface area (Å²) in [4.78, 5) is 36.0. The molecule has 2 aromatic carbocycles. The van der Waals surface area contributed by atoms with E-state index in [2.05, 4.69) is 19.9 Å². The number of carbonyl (C=O) groups is 1. The van der Waals surface area contributed by atoms with Gasteiger partial charge in [0, 0.05) is 57.5 Å². The predicted molar refractivity (Wildman–Crippen MR) is 157 cm³/mol. The van der Waals surface area contributed by atoms with Crippen LogP contribution in [0.1, 0.15) is 10.4 Å². The highest BCUT2D eigenvalue weighted by molar-refractivity contribution is 6.06. The Hall–Kier alpha value is -4.89. The van der Waals surface area contributed by atoms with Crippen molar-refractivity contribution in [3.05, 3.63) is 82.1 Å². The topological polar surface area (TPSA) is 114 Å². The Morgan fingerprint density at radius 3 is 2.24 bits per heavy atom. The molecule has 0 atom stereocenters. The number of methoxy groups -OCH3 is 1. The molecule has 5 rings (SSSR count). The fraction of sp³-hybridized carbons (Fsp3) is 0.300. The van der Waals surface area contributed by atoms with Gasteiger partial charge in [0.2, 0.25) is 0 Å². The number of hydrogen-bond donors (Lipinski definition) is 2. The molecule has 0 saturated carbocycles. The molecule has 1 saturated heterocycles. The van der Waals surface area contributed by atoms with Gasteiger partial charge < -0.3 is 24.8 Å². The third kappa shape index (κ3) is 6.63. The number of nitrogens with zero attached hydrogens (tertiary/aromatic N) is 5. The van der Waals surface area contributed by atoms with E-state index in [4.69, 9.17) is 4.74 Å². The van der Waals surface area contributed by atoms with Crippen LogP contribution in [0.2, 0.25) is 0 Å². The zero-order valence-electron chi connectivity index (χ0n) is 24.3. The summed E-state index contributed by atoms with van der Waals surface area (Å²) < 4.78 is 67.5. The highest BCUT2D eigenvalue weighted by Gasteiger charge is 2.28. The average Bonchev–Trinajstić information content (AvgIpc) is 3.25. The van der Waals surface area contributed by atoms with Crippen molar-refractivity contribution in [2.24, 2.45) is 7.05 Å². The second kappa shape index (κ2) is 13.4. The molecule has 2 aromatic heterocycles. The van der Waals surface area contributed by atoms with Gasteiger partial charge in [-0.25, -0.2) is 13.8 Å². The zero-order chi connectivity index (χ0) is 32.2. The number of pyridine rings is 1. The molecule has 1 fully saturated rings. The minimum absolute atomic E-state index is 0.0338. The van der Waals surface area contributed by atoms with Gasteiger partial charge in [0.1, 0.15) is 40.3 Å². The van der Waals surface area contributed by atoms with Crippen LogP contribution in [0, 0.1) is 11.6 Å². The lowest BCUT2D eigenvalue weighted by Crippen LogP contribution is -2.47. The maximum atomic E-state index is 15.4. The van der Waals surface area contributed by atoms with Gasteiger partial charge >= 0.3 is 6.61 Å². The van der Waals surface area contributed by atoms with Crippen LogP contribution in [-0.2, 0) is 7.05 Å². The molecule has 0 unspecified atom stereocenters. The van der Waals surface area contributed by atoms with Crippen molar-refractivity contribution in [3.63, 3.8) is 0 Å². The normalized spacial score (nSPS) is 13.7. The number of carbonyl (C=O) groups excluding carboxylic acids is 1. The average molecular weight is 631 g/mol. The number of alkyl halides is 2. The number of anilines is 2. The number of benzene rings is 2. The lowest BCUT2D eigenvalue weighted by atomic mass is 10.1. The van der Waals surface area contributed by atoms with Gasteiger partial charge in [0.15, 0.2) is 5.82 Å². The van der Waals surface area contributed by atoms with Crippen molar-refractivity contribution in [2.75, 3.05) is 56.7 Å². The van der Waals surface area contributed by atoms with Gasteiger partial charge in [-0.3, -0.25) is 19.2 Å². The quantitative estimate of drug-likeness (QED) is 0.256. The van der Waals surface area contributed by atoms with Gasteiger partial charge in [-0.1, -0.05) is 6.07 Å². The number of rotatable bonds is 10. The van der Waals surface area contributed by atoms with Crippen LogP contribution in [0.3, 0.4) is 0 Å². The molecule has 1 aliphatic heterocycles. The third-order valence-electron chi connectivity index (χ3n) is 7.38. The molecule has 0 aliphatic carbocycles. The molecule has 0 radical (unpaired) electrons. The predicted octanol–water partition coefficient (Wildman–Crippen LogP) is 3.49. The fourth-order valence-electron chi connectivity index (χ4n) is 5.18. The summed E-state index contributed by atoms with van der Waals surface area (Å²) in [5.41, 5.74) is -2.18. The smallest absolute Gasteiger partial charge is 0.387 e. The van der Waals surface area contributed by atoms with Crippen LogP contribution in [0.4, 0.5) is 29.1 Å². The van der Waals surface area contributed by atoms with Crippen LogP contribution in [-0.4, -0.2) is 83.3 Å². The van der Waals surface area contributed by atoms with E-state index in [0.717, 1.165) is 28.9 Å². The number of amides is 1. The number of β-amino-alcohol motifs (C(OH)–C–C–N with tert-alkyl or cyclic N) is 1. The molecule has 4 aromatic rings. The largest absolute Gasteiger partial charge is 0.497 e. The fourth-order valence-corrected chi connectivity index (χ4v) is 5.18. The Kier molecular flexibility index (Phi) is 9.39. The summed E-state index contributed by atoms with van der Waals surface area (Å²) in [6, 6.07) is 11.6. The Labute approximate surface area is 254 Å². The van der Waals surface area contributed by atoms with Crippen molar-refractivity contribution in [1.29, 1.82) is 0 Å². The number of halogens is 4. The van der Waals surface area contributed by atoms with E-state index in [9.17, 15) is 23.5 Å². The summed E-state index contributed by atoms with van der Waals surface area (Å²) in [6.07, 6.45) is 0. The Balaban J connectivity index is 1.57. The van der Waals surface area contributed by atoms with E-state index in [1.807, 2.05) is 4.90 Å². The van der Waals surface area contributed by atoms with Gasteiger partial charge in [0.25, 0.3) is 11.5 Å². The number of hydrogen-bond acceptors (Lipinski definition) is 8. The van der Waals surface area contributed by atoms with E-state index >= 15 is 8.78 Å². The molecule has 15 heteroatoms. The number of piperazine rings is 1. The molecule has 2 N–H and O–H groups in total. The molecule has 0 spiro atoms. The monoisotopic (exact) mass is 630 g/mol. The molecule has 0 bridgehead atoms. The van der Waals surface area contributed by atoms with Crippen LogP contribution in [0.15, 0.2) is 59.4 Å². The van der Waals surface area contributed by atoms with Crippen molar-refractivity contribution in [2.45, 2.75) is 6.61 Å². The highest BCUT2D eigenvalue weighted by atomic mass is 19.3. The molecular weight excluding hydrogens is 600 g/mol. The van der Waals surface area contributed by atoms with Crippen molar-refractivity contribution >= 4 is 17.4 Å². The number of nitrogens with one attached hydrogen (secondary N) is 1. The van der Waals surface area contributed by atoms with Gasteiger partial charge in [0.05, 0.1) is 19.3 Å². The third-order valence-corrected chi connectivity index (χ3v) is 7.38. The van der Waals surface area contributed by atoms with E-state index in [-0.39, 0.29) is 35.2 Å². The maximum Gasteiger partial charge on any atom is 0.387 e. The first kappa shape index (κ1) is 31.5. The standard InChI is InChI=1S/C30H30F4N6O5/c1-37-27(25-21(31)16-20(44-2)17-22(25)32)26(36-28(42)18-6-8-19(9-7-18)45-30(33)34)29(43)40(37)24-5-3-4-23(35-24)39-12-10-38(11-13-39)14-15-41/h3-9,16-17,30,41H,10-15H2,1-2H3,(H,36,42). The Morgan fingerprint density at radius 1 is 1.00 bits per heavy atom. The summed E-state index contributed by atoms with van der Waals surface area (Å²) in [6.45, 7) is 0.183. The summed E-state index contributed by atoms with van der Waals surface area (Å²) >= 11 is 0. The molecule has 1 amide bonds. The SMILES string of the molecule is COc1cc(F)c(-c2c(NC(=O)c3ccc(OC(F)F)cc3)c(=O)n(-c3cccc(N4CCN(CCO)CC4)n3)n2C)c(F)c1. The Bertz CT molecular complexity index is 1710. The minimum atomic E-state index is -3.06. The number of ether oxygens (including phenoxy) is 2. The maximum absolute atomic E-state index is 15.4. The number of aliphatic hydroxyl groups is 1. The van der Waals surface area contributed by atoms with Crippen LogP contribution in [0.25, 0.3) is 17.1 Å². The van der Waals surface area contributed by atoms with E-state index in [0.29, 0.717) is 38.5 Å². The highest BCUT2D eigenvalue weighted by Crippen LogP contribution is 2.34. The van der Waals surface area contributed by atoms with Crippen LogP contribution in [0.5, 0.6) is 11.5 Å². The summed E-state index contributed by atoms with van der Waals surface area (Å²) in [5, 5.41) is 11.7. The first-order chi connectivity index (χ1) is 21.6. The van der Waals surface area contributed by atoms with Crippen molar-refractivity contribution < 1.29 is 36.9 Å². The van der Waals surface area contributed by atoms with E-state index in [1.54, 1.807) is 18.2 Å². The second-order valence-corrected chi connectivity index (χ2v) is 10.1. The zero-order valence-corrected chi connectivity index (χ0v) is 24.3. The van der Waals surface area contributed by atoms with Crippen molar-refractivity contribution in [3.8, 4) is 28.6 Å². The summed E-state index contributed by atoms with van der Waals surface area (Å²) in [5.74, 6) is -2.54. The lowest BCUT2D eigenvalue weighted by molar-refractivity contribution is -0.0498. The van der Waals surface area contributed by atoms with Gasteiger partial charge in [-0.15, -0.1) is 0 Å². The van der Waals surface area contributed by atoms with Crippen molar-refractivity contribution in [1.82, 2.24) is 19.2 Å². The first-order valence-corrected chi connectivity index (χ1v) is 13.9. The Morgan fingerprint density at radius 2 is 1.64 bits per heavy atom. The van der Waals surface area contributed by atoms with Crippen LogP contribution >= 0.6 is 0 Å².